The summed E-state index contributed by atoms with van der Waals surface area (Å²) in [7, 11) is 0. The Bertz CT molecular complexity index is 286. The van der Waals surface area contributed by atoms with Crippen molar-refractivity contribution < 1.29 is 0 Å². The summed E-state index contributed by atoms with van der Waals surface area (Å²) in [4.78, 5) is 0. The predicted molar refractivity (Wildman–Crippen MR) is 93.5 cm³/mol. The first-order valence-corrected chi connectivity index (χ1v) is 9.86. The lowest BCUT2D eigenvalue weighted by Gasteiger charge is -2.40. The first-order chi connectivity index (χ1) is 10.1. The highest BCUT2D eigenvalue weighted by atomic mass is 15.0. The van der Waals surface area contributed by atoms with Crippen molar-refractivity contribution in [1.29, 1.82) is 0 Å². The fourth-order valence-electron chi connectivity index (χ4n) is 4.94. The average Bonchev–Trinajstić information content (AvgIpc) is 2.65. The SMILES string of the molecule is CCCC1CCCC(NC2CC(C)CCC2C(C)C)CC1. The second-order valence-corrected chi connectivity index (χ2v) is 8.46. The van der Waals surface area contributed by atoms with Gasteiger partial charge >= 0.3 is 0 Å². The van der Waals surface area contributed by atoms with Gasteiger partial charge in [-0.1, -0.05) is 59.8 Å². The van der Waals surface area contributed by atoms with Crippen LogP contribution >= 0.6 is 0 Å². The molecule has 0 bridgehead atoms. The molecule has 1 N–H and O–H groups in total. The summed E-state index contributed by atoms with van der Waals surface area (Å²) in [6.07, 6.45) is 14.4. The van der Waals surface area contributed by atoms with Gasteiger partial charge in [0, 0.05) is 12.1 Å². The van der Waals surface area contributed by atoms with Gasteiger partial charge in [-0.25, -0.2) is 0 Å². The Kier molecular flexibility index (Phi) is 7.05. The van der Waals surface area contributed by atoms with Crippen LogP contribution < -0.4 is 5.32 Å². The maximum absolute atomic E-state index is 4.12. The highest BCUT2D eigenvalue weighted by Gasteiger charge is 2.32. The fraction of sp³-hybridized carbons (Fsp3) is 1.00. The van der Waals surface area contributed by atoms with Crippen LogP contribution in [0.1, 0.15) is 91.9 Å². The van der Waals surface area contributed by atoms with Crippen molar-refractivity contribution in [2.45, 2.75) is 104 Å². The molecule has 0 amide bonds. The maximum atomic E-state index is 4.12. The Morgan fingerprint density at radius 2 is 1.81 bits per heavy atom. The molecule has 0 aromatic heterocycles. The molecule has 2 saturated carbocycles. The van der Waals surface area contributed by atoms with Gasteiger partial charge in [-0.3, -0.25) is 0 Å². The van der Waals surface area contributed by atoms with Gasteiger partial charge in [-0.05, 0) is 55.8 Å². The molecule has 0 heterocycles. The van der Waals surface area contributed by atoms with E-state index in [1.54, 1.807) is 0 Å². The van der Waals surface area contributed by atoms with Gasteiger partial charge in [-0.15, -0.1) is 0 Å². The van der Waals surface area contributed by atoms with Gasteiger partial charge < -0.3 is 5.32 Å². The van der Waals surface area contributed by atoms with Crippen LogP contribution in [0.25, 0.3) is 0 Å². The highest BCUT2D eigenvalue weighted by Crippen LogP contribution is 2.35. The third kappa shape index (κ3) is 5.27. The smallest absolute Gasteiger partial charge is 0.0103 e. The average molecular weight is 294 g/mol. The van der Waals surface area contributed by atoms with Crippen LogP contribution in [-0.4, -0.2) is 12.1 Å². The topological polar surface area (TPSA) is 12.0 Å². The summed E-state index contributed by atoms with van der Waals surface area (Å²) in [5.41, 5.74) is 0. The third-order valence-corrected chi connectivity index (χ3v) is 6.26. The van der Waals surface area contributed by atoms with Crippen molar-refractivity contribution in [1.82, 2.24) is 5.32 Å². The van der Waals surface area contributed by atoms with Crippen molar-refractivity contribution in [3.05, 3.63) is 0 Å². The van der Waals surface area contributed by atoms with E-state index in [1.807, 2.05) is 0 Å². The second-order valence-electron chi connectivity index (χ2n) is 8.46. The zero-order valence-electron chi connectivity index (χ0n) is 15.0. The zero-order chi connectivity index (χ0) is 15.2. The molecule has 1 nitrogen and oxygen atoms in total. The van der Waals surface area contributed by atoms with Crippen LogP contribution in [0.15, 0.2) is 0 Å². The molecule has 5 unspecified atom stereocenters. The summed E-state index contributed by atoms with van der Waals surface area (Å²) < 4.78 is 0. The van der Waals surface area contributed by atoms with E-state index >= 15 is 0 Å². The van der Waals surface area contributed by atoms with Gasteiger partial charge in [0.15, 0.2) is 0 Å². The van der Waals surface area contributed by atoms with Crippen LogP contribution in [0.4, 0.5) is 0 Å². The van der Waals surface area contributed by atoms with Crippen molar-refractivity contribution in [2.24, 2.45) is 23.7 Å². The molecule has 0 saturated heterocycles. The van der Waals surface area contributed by atoms with E-state index in [4.69, 9.17) is 0 Å². The van der Waals surface area contributed by atoms with Gasteiger partial charge in [-0.2, -0.15) is 0 Å². The number of rotatable bonds is 5. The molecule has 0 aliphatic heterocycles. The molecule has 124 valence electrons. The monoisotopic (exact) mass is 293 g/mol. The van der Waals surface area contributed by atoms with Gasteiger partial charge in [0.25, 0.3) is 0 Å². The predicted octanol–water partition coefficient (Wildman–Crippen LogP) is 5.79. The summed E-state index contributed by atoms with van der Waals surface area (Å²) >= 11 is 0. The molecule has 2 rings (SSSR count). The quantitative estimate of drug-likeness (QED) is 0.633. The normalized spacial score (nSPS) is 38.4. The zero-order valence-corrected chi connectivity index (χ0v) is 15.0. The Hall–Kier alpha value is -0.0400. The van der Waals surface area contributed by atoms with Crippen LogP contribution in [0.3, 0.4) is 0 Å². The largest absolute Gasteiger partial charge is 0.311 e. The fourth-order valence-corrected chi connectivity index (χ4v) is 4.94. The minimum atomic E-state index is 0.793. The van der Waals surface area contributed by atoms with Crippen molar-refractivity contribution >= 4 is 0 Å². The molecule has 2 aliphatic rings. The van der Waals surface area contributed by atoms with E-state index < -0.39 is 0 Å². The van der Waals surface area contributed by atoms with Crippen molar-refractivity contribution in [3.63, 3.8) is 0 Å². The lowest BCUT2D eigenvalue weighted by molar-refractivity contribution is 0.155. The third-order valence-electron chi connectivity index (χ3n) is 6.26. The molecule has 0 spiro atoms. The van der Waals surface area contributed by atoms with Gasteiger partial charge in [0.1, 0.15) is 0 Å². The minimum absolute atomic E-state index is 0.793. The molecular weight excluding hydrogens is 254 g/mol. The number of nitrogens with one attached hydrogen (secondary N) is 1. The van der Waals surface area contributed by atoms with E-state index in [-0.39, 0.29) is 0 Å². The molecule has 2 aliphatic carbocycles. The molecule has 5 atom stereocenters. The van der Waals surface area contributed by atoms with Gasteiger partial charge in [0.05, 0.1) is 0 Å². The molecule has 0 radical (unpaired) electrons. The summed E-state index contributed by atoms with van der Waals surface area (Å²) in [6, 6.07) is 1.60. The molecule has 0 aromatic rings. The summed E-state index contributed by atoms with van der Waals surface area (Å²) in [5.74, 6) is 3.70. The lowest BCUT2D eigenvalue weighted by Crippen LogP contribution is -2.47. The van der Waals surface area contributed by atoms with Crippen molar-refractivity contribution in [2.75, 3.05) is 0 Å². The van der Waals surface area contributed by atoms with E-state index in [0.717, 1.165) is 35.8 Å². The van der Waals surface area contributed by atoms with Crippen molar-refractivity contribution in [3.8, 4) is 0 Å². The number of hydrogen-bond acceptors (Lipinski definition) is 1. The molecule has 1 heteroatoms. The summed E-state index contributed by atoms with van der Waals surface area (Å²) in [5, 5.41) is 4.12. The van der Waals surface area contributed by atoms with E-state index in [9.17, 15) is 0 Å². The molecule has 2 fully saturated rings. The standard InChI is InChI=1S/C20H39N/c1-5-7-17-8-6-9-18(12-11-17)21-20-14-16(4)10-13-19(20)15(2)3/h15-21H,5-14H2,1-4H3. The number of hydrogen-bond donors (Lipinski definition) is 1. The minimum Gasteiger partial charge on any atom is -0.311 e. The Morgan fingerprint density at radius 3 is 2.52 bits per heavy atom. The van der Waals surface area contributed by atoms with Crippen LogP contribution in [0.5, 0.6) is 0 Å². The van der Waals surface area contributed by atoms with E-state index in [0.29, 0.717) is 0 Å². The van der Waals surface area contributed by atoms with E-state index in [1.165, 1.54) is 64.2 Å². The Labute approximate surface area is 133 Å². The molecule has 0 aromatic carbocycles. The molecular formula is C20H39N. The first-order valence-electron chi connectivity index (χ1n) is 9.86. The van der Waals surface area contributed by atoms with Crippen LogP contribution in [-0.2, 0) is 0 Å². The Morgan fingerprint density at radius 1 is 1.00 bits per heavy atom. The highest BCUT2D eigenvalue weighted by molar-refractivity contribution is 4.88. The van der Waals surface area contributed by atoms with E-state index in [2.05, 4.69) is 33.0 Å². The lowest BCUT2D eigenvalue weighted by atomic mass is 9.73. The first kappa shape index (κ1) is 17.3. The summed E-state index contributed by atoms with van der Waals surface area (Å²) in [6.45, 7) is 9.66. The Balaban J connectivity index is 1.86. The van der Waals surface area contributed by atoms with Crippen LogP contribution in [0.2, 0.25) is 0 Å². The van der Waals surface area contributed by atoms with Gasteiger partial charge in [0.2, 0.25) is 0 Å². The molecule has 21 heavy (non-hydrogen) atoms. The van der Waals surface area contributed by atoms with Crippen LogP contribution in [0, 0.1) is 23.7 Å². The maximum Gasteiger partial charge on any atom is 0.0103 e. The second kappa shape index (κ2) is 8.56.